The SMILES string of the molecule is CCC1c2nnc(C)n2-c2cnc(-n3ccnc3-c3cccc(F)c3F)nc2N1C1CCC1. The van der Waals surface area contributed by atoms with Crippen molar-refractivity contribution in [2.45, 2.75) is 51.6 Å². The molecule has 1 aliphatic carbocycles. The summed E-state index contributed by atoms with van der Waals surface area (Å²) in [7, 11) is 0. The highest BCUT2D eigenvalue weighted by molar-refractivity contribution is 5.64. The summed E-state index contributed by atoms with van der Waals surface area (Å²) in [5, 5.41) is 8.78. The minimum Gasteiger partial charge on any atom is -0.341 e. The van der Waals surface area contributed by atoms with Gasteiger partial charge in [0, 0.05) is 18.4 Å². The minimum absolute atomic E-state index is 0.0506. The molecule has 1 aliphatic heterocycles. The Morgan fingerprint density at radius 3 is 2.73 bits per heavy atom. The predicted octanol–water partition coefficient (Wildman–Crippen LogP) is 4.32. The van der Waals surface area contributed by atoms with Crippen molar-refractivity contribution in [3.8, 4) is 23.0 Å². The maximum absolute atomic E-state index is 14.5. The highest BCUT2D eigenvalue weighted by Gasteiger charge is 2.40. The van der Waals surface area contributed by atoms with Crippen molar-refractivity contribution < 1.29 is 8.78 Å². The normalized spacial score (nSPS) is 17.6. The minimum atomic E-state index is -0.949. The van der Waals surface area contributed by atoms with Gasteiger partial charge in [-0.05, 0) is 44.7 Å². The fourth-order valence-corrected chi connectivity index (χ4v) is 4.80. The quantitative estimate of drug-likeness (QED) is 0.463. The molecule has 1 saturated carbocycles. The Bertz CT molecular complexity index is 1360. The van der Waals surface area contributed by atoms with Gasteiger partial charge in [-0.25, -0.2) is 18.7 Å². The molecule has 1 unspecified atom stereocenters. The van der Waals surface area contributed by atoms with Gasteiger partial charge in [0.2, 0.25) is 5.95 Å². The van der Waals surface area contributed by atoms with Gasteiger partial charge in [-0.2, -0.15) is 4.98 Å². The highest BCUT2D eigenvalue weighted by Crippen LogP contribution is 2.44. The van der Waals surface area contributed by atoms with Crippen molar-refractivity contribution in [1.29, 1.82) is 0 Å². The number of benzene rings is 1. The van der Waals surface area contributed by atoms with Crippen LogP contribution in [0.2, 0.25) is 0 Å². The van der Waals surface area contributed by atoms with Crippen LogP contribution in [0.5, 0.6) is 0 Å². The third kappa shape index (κ3) is 2.89. The average Bonchev–Trinajstić information content (AvgIpc) is 3.42. The molecule has 0 radical (unpaired) electrons. The summed E-state index contributed by atoms with van der Waals surface area (Å²) >= 11 is 0. The molecule has 168 valence electrons. The summed E-state index contributed by atoms with van der Waals surface area (Å²) < 4.78 is 32.0. The molecule has 8 nitrogen and oxygen atoms in total. The number of anilines is 1. The molecule has 3 aromatic heterocycles. The maximum Gasteiger partial charge on any atom is 0.237 e. The third-order valence-electron chi connectivity index (χ3n) is 6.61. The Morgan fingerprint density at radius 2 is 1.97 bits per heavy atom. The third-order valence-corrected chi connectivity index (χ3v) is 6.61. The predicted molar refractivity (Wildman–Crippen MR) is 117 cm³/mol. The van der Waals surface area contributed by atoms with Gasteiger partial charge in [-0.1, -0.05) is 13.0 Å². The van der Waals surface area contributed by atoms with Crippen LogP contribution < -0.4 is 4.90 Å². The number of aryl methyl sites for hydroxylation is 1. The van der Waals surface area contributed by atoms with Crippen molar-refractivity contribution in [3.63, 3.8) is 0 Å². The molecule has 0 amide bonds. The maximum atomic E-state index is 14.5. The number of nitrogens with zero attached hydrogens (tertiary/aromatic N) is 8. The summed E-state index contributed by atoms with van der Waals surface area (Å²) in [5.74, 6) is 1.19. The zero-order valence-corrected chi connectivity index (χ0v) is 18.3. The Kier molecular flexibility index (Phi) is 4.49. The zero-order valence-electron chi connectivity index (χ0n) is 18.3. The first-order valence-corrected chi connectivity index (χ1v) is 11.1. The van der Waals surface area contributed by atoms with Gasteiger partial charge >= 0.3 is 0 Å². The van der Waals surface area contributed by atoms with Crippen LogP contribution in [0.3, 0.4) is 0 Å². The lowest BCUT2D eigenvalue weighted by Gasteiger charge is -2.45. The molecule has 0 spiro atoms. The van der Waals surface area contributed by atoms with Gasteiger partial charge in [0.05, 0.1) is 17.8 Å². The molecule has 1 aromatic carbocycles. The van der Waals surface area contributed by atoms with E-state index in [2.05, 4.69) is 32.0 Å². The summed E-state index contributed by atoms with van der Waals surface area (Å²) in [5.41, 5.74) is 0.881. The fraction of sp³-hybridized carbons (Fsp3) is 0.348. The standard InChI is InChI=1S/C23H22F2N8/c1-3-17-22-30-29-13(2)32(22)18-12-27-23(28-21(18)33(17)14-6-4-7-14)31-11-10-26-20(31)15-8-5-9-16(24)19(15)25/h5,8-12,14,17H,3-4,6-7H2,1-2H3. The second-order valence-electron chi connectivity index (χ2n) is 8.46. The lowest BCUT2D eigenvalue weighted by Crippen LogP contribution is -2.46. The van der Waals surface area contributed by atoms with E-state index in [0.29, 0.717) is 12.0 Å². The van der Waals surface area contributed by atoms with Crippen LogP contribution >= 0.6 is 0 Å². The zero-order chi connectivity index (χ0) is 22.7. The van der Waals surface area contributed by atoms with Crippen LogP contribution in [-0.4, -0.2) is 40.3 Å². The van der Waals surface area contributed by atoms with Gasteiger partial charge in [-0.3, -0.25) is 9.13 Å². The summed E-state index contributed by atoms with van der Waals surface area (Å²) in [6, 6.07) is 4.46. The Hall–Kier alpha value is -3.69. The Morgan fingerprint density at radius 1 is 1.12 bits per heavy atom. The van der Waals surface area contributed by atoms with Crippen LogP contribution in [0.15, 0.2) is 36.8 Å². The lowest BCUT2D eigenvalue weighted by molar-refractivity contribution is 0.341. The average molecular weight is 448 g/mol. The van der Waals surface area contributed by atoms with E-state index in [1.54, 1.807) is 17.0 Å². The molecule has 6 rings (SSSR count). The number of halogens is 2. The van der Waals surface area contributed by atoms with Crippen molar-refractivity contribution >= 4 is 5.82 Å². The molecule has 0 saturated heterocycles. The van der Waals surface area contributed by atoms with Gasteiger partial charge in [-0.15, -0.1) is 10.2 Å². The van der Waals surface area contributed by atoms with Crippen molar-refractivity contribution in [2.75, 3.05) is 4.90 Å². The van der Waals surface area contributed by atoms with E-state index in [-0.39, 0.29) is 17.4 Å². The summed E-state index contributed by atoms with van der Waals surface area (Å²) in [4.78, 5) is 16.1. The number of hydrogen-bond acceptors (Lipinski definition) is 6. The van der Waals surface area contributed by atoms with Crippen LogP contribution in [0.25, 0.3) is 23.0 Å². The van der Waals surface area contributed by atoms with E-state index >= 15 is 0 Å². The smallest absolute Gasteiger partial charge is 0.237 e. The van der Waals surface area contributed by atoms with Crippen molar-refractivity contribution in [2.24, 2.45) is 0 Å². The number of aromatic nitrogens is 7. The molecular formula is C23H22F2N8. The van der Waals surface area contributed by atoms with Crippen molar-refractivity contribution in [1.82, 2.24) is 34.3 Å². The number of rotatable bonds is 4. The van der Waals surface area contributed by atoms with E-state index < -0.39 is 11.6 Å². The van der Waals surface area contributed by atoms with Crippen LogP contribution in [0.1, 0.15) is 50.3 Å². The molecule has 33 heavy (non-hydrogen) atoms. The Labute approximate surface area is 189 Å². The van der Waals surface area contributed by atoms with E-state index in [4.69, 9.17) is 4.98 Å². The monoisotopic (exact) mass is 448 g/mol. The molecule has 4 heterocycles. The van der Waals surface area contributed by atoms with E-state index in [1.165, 1.54) is 24.8 Å². The second kappa shape index (κ2) is 7.43. The van der Waals surface area contributed by atoms with Crippen LogP contribution in [-0.2, 0) is 0 Å². The number of hydrogen-bond donors (Lipinski definition) is 0. The highest BCUT2D eigenvalue weighted by atomic mass is 19.2. The number of fused-ring (bicyclic) bond motifs is 3. The van der Waals surface area contributed by atoms with Crippen LogP contribution in [0, 0.1) is 18.6 Å². The first kappa shape index (κ1) is 20.0. The van der Waals surface area contributed by atoms with E-state index in [9.17, 15) is 8.78 Å². The van der Waals surface area contributed by atoms with Gasteiger partial charge in [0.15, 0.2) is 23.3 Å². The molecule has 4 aromatic rings. The molecule has 10 heteroatoms. The molecule has 1 atom stereocenters. The lowest BCUT2D eigenvalue weighted by atomic mass is 9.89. The largest absolute Gasteiger partial charge is 0.341 e. The first-order chi connectivity index (χ1) is 16.1. The number of imidazole rings is 1. The molecule has 1 fully saturated rings. The Balaban J connectivity index is 1.53. The van der Waals surface area contributed by atoms with E-state index in [0.717, 1.165) is 48.5 Å². The second-order valence-corrected chi connectivity index (χ2v) is 8.46. The molecular weight excluding hydrogens is 426 g/mol. The fourth-order valence-electron chi connectivity index (χ4n) is 4.80. The summed E-state index contributed by atoms with van der Waals surface area (Å²) in [6.07, 6.45) is 9.16. The topological polar surface area (TPSA) is 77.5 Å². The molecule has 2 aliphatic rings. The summed E-state index contributed by atoms with van der Waals surface area (Å²) in [6.45, 7) is 4.05. The van der Waals surface area contributed by atoms with E-state index in [1.807, 2.05) is 11.5 Å². The van der Waals surface area contributed by atoms with Crippen LogP contribution in [0.4, 0.5) is 14.6 Å². The first-order valence-electron chi connectivity index (χ1n) is 11.1. The molecule has 0 N–H and O–H groups in total. The van der Waals surface area contributed by atoms with Crippen molar-refractivity contribution in [3.05, 3.63) is 60.1 Å². The van der Waals surface area contributed by atoms with Gasteiger partial charge < -0.3 is 4.90 Å². The van der Waals surface area contributed by atoms with Gasteiger partial charge in [0.25, 0.3) is 0 Å². The van der Waals surface area contributed by atoms with Gasteiger partial charge in [0.1, 0.15) is 17.3 Å². The molecule has 0 bridgehead atoms.